The summed E-state index contributed by atoms with van der Waals surface area (Å²) in [5.41, 5.74) is -0.352. The molecule has 46 heavy (non-hydrogen) atoms. The van der Waals surface area contributed by atoms with Crippen LogP contribution in [0.5, 0.6) is 0 Å². The van der Waals surface area contributed by atoms with E-state index in [1.807, 2.05) is 13.8 Å². The molecular weight excluding hydrogens is 592 g/mol. The molecule has 10 heteroatoms. The Bertz CT molecular complexity index is 1350. The van der Waals surface area contributed by atoms with Gasteiger partial charge in [-0.05, 0) is 92.8 Å². The second-order valence-corrected chi connectivity index (χ2v) is 17.8. The van der Waals surface area contributed by atoms with Gasteiger partial charge in [-0.25, -0.2) is 0 Å². The summed E-state index contributed by atoms with van der Waals surface area (Å²) in [4.78, 5) is 12.0. The quantitative estimate of drug-likeness (QED) is 0.265. The van der Waals surface area contributed by atoms with Crippen molar-refractivity contribution in [2.45, 2.75) is 160 Å². The van der Waals surface area contributed by atoms with Gasteiger partial charge in [0, 0.05) is 18.3 Å². The van der Waals surface area contributed by atoms with Crippen LogP contribution in [-0.4, -0.2) is 93.4 Å². The third-order valence-electron chi connectivity index (χ3n) is 15.3. The Balaban J connectivity index is 1.10. The van der Waals surface area contributed by atoms with Crippen molar-refractivity contribution in [3.05, 3.63) is 11.6 Å². The first kappa shape index (κ1) is 32.1. The molecule has 3 saturated heterocycles. The van der Waals surface area contributed by atoms with Crippen LogP contribution in [-0.2, 0) is 28.5 Å². The predicted octanol–water partition coefficient (Wildman–Crippen LogP) is 3.37. The molecule has 3 aliphatic heterocycles. The zero-order valence-corrected chi connectivity index (χ0v) is 28.5. The maximum Gasteiger partial charge on any atom is 0.303 e. The fourth-order valence-corrected chi connectivity index (χ4v) is 13.0. The van der Waals surface area contributed by atoms with E-state index in [2.05, 4.69) is 33.8 Å². The van der Waals surface area contributed by atoms with Crippen molar-refractivity contribution >= 4 is 5.97 Å². The second-order valence-electron chi connectivity index (χ2n) is 17.8. The van der Waals surface area contributed by atoms with Crippen molar-refractivity contribution in [2.24, 2.45) is 38.9 Å². The molecule has 8 rings (SSSR count). The summed E-state index contributed by atoms with van der Waals surface area (Å²) in [6, 6.07) is 0. The highest BCUT2D eigenvalue weighted by molar-refractivity contribution is 5.66. The fraction of sp³-hybridized carbons (Fsp3) is 0.917. The minimum atomic E-state index is -1.30. The number of aliphatic hydroxyl groups is 4. The molecule has 3 heterocycles. The summed E-state index contributed by atoms with van der Waals surface area (Å²) in [5, 5.41) is 43.5. The Morgan fingerprint density at radius 2 is 1.70 bits per heavy atom. The molecule has 2 bridgehead atoms. The highest BCUT2D eigenvalue weighted by Crippen LogP contribution is 2.89. The van der Waals surface area contributed by atoms with Gasteiger partial charge in [-0.2, -0.15) is 0 Å². The average Bonchev–Trinajstić information content (AvgIpc) is 3.51. The molecule has 8 aliphatic rings. The number of rotatable bonds is 4. The van der Waals surface area contributed by atoms with Gasteiger partial charge in [0.15, 0.2) is 12.1 Å². The van der Waals surface area contributed by atoms with Crippen molar-refractivity contribution in [3.8, 4) is 0 Å². The van der Waals surface area contributed by atoms with Gasteiger partial charge in [0.2, 0.25) is 0 Å². The standard InChI is InChI=1S/C36H54O10/c1-18(37)44-31(4,5)27-20-8-9-22-32(6)14-15-35-17-34(35)13-12-24(43-28-26(40)25(39)19(38)16-42-28)30(2,3)21(34)10-11-23(35)33(32,7)29(41)36(22,45-20)46-27/h11,19-22,24-29,38-41H,8-10,12-17H2,1-7H3/t19-,20-,21-,22-,24+,25+,26-,27+,28+,29-,32-,33-,34-,35+,36+/m1/s1. The number of ether oxygens (including phenoxy) is 5. The van der Waals surface area contributed by atoms with Crippen LogP contribution >= 0.6 is 0 Å². The van der Waals surface area contributed by atoms with Gasteiger partial charge in [0.05, 0.1) is 18.8 Å². The van der Waals surface area contributed by atoms with Gasteiger partial charge >= 0.3 is 5.97 Å². The maximum absolute atomic E-state index is 12.6. The van der Waals surface area contributed by atoms with Crippen molar-refractivity contribution in [3.63, 3.8) is 0 Å². The number of carbonyl (C=O) groups excluding carboxylic acids is 1. The van der Waals surface area contributed by atoms with E-state index < -0.39 is 53.6 Å². The Hall–Kier alpha value is -1.11. The molecule has 258 valence electrons. The van der Waals surface area contributed by atoms with Crippen molar-refractivity contribution in [2.75, 3.05) is 6.61 Å². The molecule has 7 fully saturated rings. The Kier molecular flexibility index (Phi) is 6.68. The van der Waals surface area contributed by atoms with E-state index in [4.69, 9.17) is 23.7 Å². The maximum atomic E-state index is 12.6. The summed E-state index contributed by atoms with van der Waals surface area (Å²) in [5.74, 6) is -1.11. The summed E-state index contributed by atoms with van der Waals surface area (Å²) < 4.78 is 31.6. The van der Waals surface area contributed by atoms with Crippen molar-refractivity contribution in [1.29, 1.82) is 0 Å². The smallest absolute Gasteiger partial charge is 0.303 e. The molecular formula is C36H54O10. The molecule has 0 aromatic carbocycles. The van der Waals surface area contributed by atoms with Crippen LogP contribution < -0.4 is 0 Å². The molecule has 5 aliphatic carbocycles. The molecule has 10 nitrogen and oxygen atoms in total. The van der Waals surface area contributed by atoms with Crippen LogP contribution in [0.1, 0.15) is 99.8 Å². The van der Waals surface area contributed by atoms with Crippen LogP contribution in [0.2, 0.25) is 0 Å². The van der Waals surface area contributed by atoms with E-state index in [0.29, 0.717) is 5.92 Å². The molecule has 4 N–H and O–H groups in total. The Labute approximate surface area is 272 Å². The number of carbonyl (C=O) groups is 1. The summed E-state index contributed by atoms with van der Waals surface area (Å²) >= 11 is 0. The van der Waals surface area contributed by atoms with Gasteiger partial charge in [-0.3, -0.25) is 4.79 Å². The fourth-order valence-electron chi connectivity index (χ4n) is 13.0. The molecule has 15 atom stereocenters. The van der Waals surface area contributed by atoms with Crippen molar-refractivity contribution < 1.29 is 48.9 Å². The van der Waals surface area contributed by atoms with E-state index in [1.165, 1.54) is 12.5 Å². The van der Waals surface area contributed by atoms with E-state index >= 15 is 0 Å². The van der Waals surface area contributed by atoms with Crippen LogP contribution in [0.3, 0.4) is 0 Å². The third-order valence-corrected chi connectivity index (χ3v) is 15.3. The van der Waals surface area contributed by atoms with Crippen molar-refractivity contribution in [1.82, 2.24) is 0 Å². The van der Waals surface area contributed by atoms with Crippen LogP contribution in [0.25, 0.3) is 0 Å². The highest BCUT2D eigenvalue weighted by atomic mass is 16.8. The van der Waals surface area contributed by atoms with Gasteiger partial charge in [0.1, 0.15) is 36.1 Å². The SMILES string of the molecule is CC(=O)OC(C)(C)[C@H]1O[C@@]23O[C@@H]1CC[C@@H]2[C@@]1(C)CC[C@@]24C[C@@]25CC[C@H](O[C@@H]2OC[C@@H](O)[C@H](O)[C@H]2O)C(C)(C)[C@H]5CC=C4[C@]1(C)[C@H]3O. The number of allylic oxidation sites excluding steroid dienone is 1. The van der Waals surface area contributed by atoms with Gasteiger partial charge < -0.3 is 44.1 Å². The lowest BCUT2D eigenvalue weighted by atomic mass is 9.45. The van der Waals surface area contributed by atoms with Crippen LogP contribution in [0.4, 0.5) is 0 Å². The van der Waals surface area contributed by atoms with Gasteiger partial charge in [-0.1, -0.05) is 39.3 Å². The molecule has 0 aromatic rings. The zero-order valence-electron chi connectivity index (χ0n) is 28.5. The highest BCUT2D eigenvalue weighted by Gasteiger charge is 2.86. The van der Waals surface area contributed by atoms with Gasteiger partial charge in [-0.15, -0.1) is 0 Å². The minimum absolute atomic E-state index is 0.00705. The van der Waals surface area contributed by atoms with E-state index in [9.17, 15) is 25.2 Å². The number of fused-ring (bicyclic) bond motifs is 4. The minimum Gasteiger partial charge on any atom is -0.457 e. The molecule has 4 saturated carbocycles. The first-order valence-electron chi connectivity index (χ1n) is 17.7. The topological polar surface area (TPSA) is 144 Å². The Morgan fingerprint density at radius 1 is 0.957 bits per heavy atom. The monoisotopic (exact) mass is 646 g/mol. The molecule has 0 amide bonds. The van der Waals surface area contributed by atoms with Gasteiger partial charge in [0.25, 0.3) is 0 Å². The number of aliphatic hydroxyl groups excluding tert-OH is 4. The molecule has 0 unspecified atom stereocenters. The lowest BCUT2D eigenvalue weighted by molar-refractivity contribution is -0.300. The summed E-state index contributed by atoms with van der Waals surface area (Å²) in [7, 11) is 0. The van der Waals surface area contributed by atoms with E-state index in [0.717, 1.165) is 51.4 Å². The van der Waals surface area contributed by atoms with Crippen LogP contribution in [0.15, 0.2) is 11.6 Å². The average molecular weight is 647 g/mol. The number of hydrogen-bond acceptors (Lipinski definition) is 10. The normalized spacial score (nSPS) is 56.5. The number of esters is 1. The lowest BCUT2D eigenvalue weighted by Crippen LogP contribution is -2.58. The molecule has 0 aromatic heterocycles. The second kappa shape index (κ2) is 9.56. The van der Waals surface area contributed by atoms with E-state index in [1.54, 1.807) is 0 Å². The zero-order chi connectivity index (χ0) is 33.0. The molecule has 0 radical (unpaired) electrons. The summed E-state index contributed by atoms with van der Waals surface area (Å²) in [6.07, 6.45) is 3.56. The largest absolute Gasteiger partial charge is 0.457 e. The number of hydrogen-bond donors (Lipinski definition) is 4. The predicted molar refractivity (Wildman–Crippen MR) is 164 cm³/mol. The van der Waals surface area contributed by atoms with E-state index in [-0.39, 0.29) is 52.4 Å². The van der Waals surface area contributed by atoms with Crippen LogP contribution in [0, 0.1) is 38.9 Å². The summed E-state index contributed by atoms with van der Waals surface area (Å²) in [6.45, 7) is 14.3. The lowest BCUT2D eigenvalue weighted by Gasteiger charge is -2.60. The first-order chi connectivity index (χ1) is 21.4. The third kappa shape index (κ3) is 3.64. The molecule has 3 spiro atoms. The Morgan fingerprint density at radius 3 is 2.41 bits per heavy atom. The first-order valence-corrected chi connectivity index (χ1v) is 17.7.